The quantitative estimate of drug-likeness (QED) is 0.646. The fourth-order valence-corrected chi connectivity index (χ4v) is 2.98. The molecule has 1 N–H and O–H groups in total. The minimum atomic E-state index is -0.632. The molecule has 162 valence electrons. The summed E-state index contributed by atoms with van der Waals surface area (Å²) in [5, 5.41) is 2.96. The van der Waals surface area contributed by atoms with Crippen LogP contribution in [0.4, 0.5) is 0 Å². The number of nitrogens with one attached hydrogen (secondary N) is 1. The number of aryl methyl sites for hydroxylation is 1. The van der Waals surface area contributed by atoms with Crippen molar-refractivity contribution in [1.29, 1.82) is 0 Å². The molecule has 0 aromatic heterocycles. The Morgan fingerprint density at radius 1 is 1.03 bits per heavy atom. The first-order chi connectivity index (χ1) is 14.4. The molecule has 0 saturated heterocycles. The van der Waals surface area contributed by atoms with Gasteiger partial charge >= 0.3 is 0 Å². The van der Waals surface area contributed by atoms with Crippen LogP contribution in [0.5, 0.6) is 11.5 Å². The van der Waals surface area contributed by atoms with E-state index in [1.165, 1.54) is 0 Å². The van der Waals surface area contributed by atoms with Gasteiger partial charge in [0.05, 0.1) is 7.11 Å². The number of hydrogen-bond donors (Lipinski definition) is 1. The summed E-state index contributed by atoms with van der Waals surface area (Å²) in [6, 6.07) is 14.4. The molecule has 0 aliphatic rings. The highest BCUT2D eigenvalue weighted by atomic mass is 16.5. The zero-order valence-electron chi connectivity index (χ0n) is 18.5. The van der Waals surface area contributed by atoms with E-state index in [2.05, 4.69) is 5.32 Å². The summed E-state index contributed by atoms with van der Waals surface area (Å²) >= 11 is 0. The molecule has 6 heteroatoms. The summed E-state index contributed by atoms with van der Waals surface area (Å²) in [6.07, 6.45) is 0.821. The summed E-state index contributed by atoms with van der Waals surface area (Å²) in [5.74, 6) is 0.596. The van der Waals surface area contributed by atoms with Crippen molar-refractivity contribution in [3.8, 4) is 11.5 Å². The second-order valence-electron chi connectivity index (χ2n) is 7.38. The van der Waals surface area contributed by atoms with Gasteiger partial charge in [0, 0.05) is 12.6 Å². The highest BCUT2D eigenvalue weighted by Gasteiger charge is 2.27. The van der Waals surface area contributed by atoms with Crippen LogP contribution in [0.15, 0.2) is 48.5 Å². The van der Waals surface area contributed by atoms with Crippen molar-refractivity contribution in [2.24, 2.45) is 0 Å². The monoisotopic (exact) mass is 412 g/mol. The molecule has 2 atom stereocenters. The molecule has 0 unspecified atom stereocenters. The second kappa shape index (κ2) is 11.2. The average Bonchev–Trinajstić information content (AvgIpc) is 2.76. The Kier molecular flexibility index (Phi) is 8.71. The van der Waals surface area contributed by atoms with E-state index in [1.54, 1.807) is 31.1 Å². The van der Waals surface area contributed by atoms with Gasteiger partial charge in [0.25, 0.3) is 5.91 Å². The van der Waals surface area contributed by atoms with Crippen LogP contribution in [0.1, 0.15) is 38.3 Å². The van der Waals surface area contributed by atoms with Gasteiger partial charge in [-0.05, 0) is 50.5 Å². The minimum Gasteiger partial charge on any atom is -0.493 e. The predicted molar refractivity (Wildman–Crippen MR) is 118 cm³/mol. The Labute approximate surface area is 179 Å². The first-order valence-corrected chi connectivity index (χ1v) is 10.3. The maximum atomic E-state index is 13.1. The lowest BCUT2D eigenvalue weighted by atomic mass is 10.1. The molecule has 0 spiro atoms. The van der Waals surface area contributed by atoms with Gasteiger partial charge in [-0.25, -0.2) is 0 Å². The molecule has 0 fully saturated rings. The van der Waals surface area contributed by atoms with Crippen LogP contribution in [-0.4, -0.2) is 42.5 Å². The van der Waals surface area contributed by atoms with Crippen molar-refractivity contribution in [3.05, 3.63) is 59.7 Å². The largest absolute Gasteiger partial charge is 0.493 e. The van der Waals surface area contributed by atoms with E-state index in [-0.39, 0.29) is 24.5 Å². The first kappa shape index (κ1) is 23.3. The van der Waals surface area contributed by atoms with Crippen LogP contribution in [-0.2, 0) is 16.1 Å². The van der Waals surface area contributed by atoms with Crippen LogP contribution < -0.4 is 14.8 Å². The van der Waals surface area contributed by atoms with Crippen LogP contribution in [0.2, 0.25) is 0 Å². The Morgan fingerprint density at radius 3 is 2.30 bits per heavy atom. The molecule has 2 aromatic carbocycles. The van der Waals surface area contributed by atoms with E-state index < -0.39 is 6.04 Å². The number of benzene rings is 2. The molecule has 0 heterocycles. The SMILES string of the molecule is CC[C@@H](C)NC(=O)[C@H](C)N(Cc1ccccc1C)C(=O)COc1ccccc1OC. The van der Waals surface area contributed by atoms with Crippen molar-refractivity contribution in [3.63, 3.8) is 0 Å². The zero-order chi connectivity index (χ0) is 22.1. The number of para-hydroxylation sites is 2. The number of methoxy groups -OCH3 is 1. The molecule has 0 bridgehead atoms. The van der Waals surface area contributed by atoms with Gasteiger partial charge in [0.2, 0.25) is 5.91 Å². The Hall–Kier alpha value is -3.02. The standard InChI is InChI=1S/C24H32N2O4/c1-6-18(3)25-24(28)19(4)26(15-20-12-8-7-11-17(20)2)23(27)16-30-22-14-10-9-13-21(22)29-5/h7-14,18-19H,6,15-16H2,1-5H3,(H,25,28)/t18-,19+/m1/s1. The summed E-state index contributed by atoms with van der Waals surface area (Å²) < 4.78 is 11.0. The molecule has 0 aliphatic heterocycles. The molecular formula is C24H32N2O4. The van der Waals surface area contributed by atoms with Crippen molar-refractivity contribution >= 4 is 11.8 Å². The maximum Gasteiger partial charge on any atom is 0.261 e. The highest BCUT2D eigenvalue weighted by Crippen LogP contribution is 2.26. The van der Waals surface area contributed by atoms with Crippen molar-refractivity contribution in [1.82, 2.24) is 10.2 Å². The number of carbonyl (C=O) groups excluding carboxylic acids is 2. The normalized spacial score (nSPS) is 12.6. The number of ether oxygens (including phenoxy) is 2. The van der Waals surface area contributed by atoms with Crippen LogP contribution in [0, 0.1) is 6.92 Å². The van der Waals surface area contributed by atoms with Crippen LogP contribution in [0.25, 0.3) is 0 Å². The number of carbonyl (C=O) groups is 2. The minimum absolute atomic E-state index is 0.0418. The van der Waals surface area contributed by atoms with Crippen molar-refractivity contribution < 1.29 is 19.1 Å². The third kappa shape index (κ3) is 6.24. The lowest BCUT2D eigenvalue weighted by Gasteiger charge is -2.30. The molecule has 2 amide bonds. The molecule has 2 rings (SSSR count). The topological polar surface area (TPSA) is 67.9 Å². The number of amides is 2. The third-order valence-electron chi connectivity index (χ3n) is 5.19. The lowest BCUT2D eigenvalue weighted by Crippen LogP contribution is -2.50. The van der Waals surface area contributed by atoms with Gasteiger partial charge in [-0.1, -0.05) is 43.3 Å². The zero-order valence-corrected chi connectivity index (χ0v) is 18.5. The Bertz CT molecular complexity index is 853. The average molecular weight is 413 g/mol. The second-order valence-corrected chi connectivity index (χ2v) is 7.38. The van der Waals surface area contributed by atoms with Crippen LogP contribution in [0.3, 0.4) is 0 Å². The van der Waals surface area contributed by atoms with Crippen molar-refractivity contribution in [2.45, 2.75) is 52.7 Å². The number of rotatable bonds is 10. The summed E-state index contributed by atoms with van der Waals surface area (Å²) in [6.45, 7) is 7.84. The molecule has 6 nitrogen and oxygen atoms in total. The fourth-order valence-electron chi connectivity index (χ4n) is 2.98. The van der Waals surface area contributed by atoms with E-state index in [0.717, 1.165) is 17.5 Å². The van der Waals surface area contributed by atoms with E-state index in [0.29, 0.717) is 18.0 Å². The van der Waals surface area contributed by atoms with E-state index in [1.807, 2.05) is 57.2 Å². The van der Waals surface area contributed by atoms with E-state index >= 15 is 0 Å². The van der Waals surface area contributed by atoms with E-state index in [4.69, 9.17) is 9.47 Å². The molecule has 30 heavy (non-hydrogen) atoms. The van der Waals surface area contributed by atoms with E-state index in [9.17, 15) is 9.59 Å². The number of nitrogens with zero attached hydrogens (tertiary/aromatic N) is 1. The highest BCUT2D eigenvalue weighted by molar-refractivity contribution is 5.88. The molecule has 2 aromatic rings. The van der Waals surface area contributed by atoms with Gasteiger partial charge in [-0.15, -0.1) is 0 Å². The summed E-state index contributed by atoms with van der Waals surface area (Å²) in [4.78, 5) is 27.4. The fraction of sp³-hybridized carbons (Fsp3) is 0.417. The summed E-state index contributed by atoms with van der Waals surface area (Å²) in [7, 11) is 1.55. The molecular weight excluding hydrogens is 380 g/mol. The predicted octanol–water partition coefficient (Wildman–Crippen LogP) is 3.71. The molecule has 0 aliphatic carbocycles. The third-order valence-corrected chi connectivity index (χ3v) is 5.19. The van der Waals surface area contributed by atoms with Gasteiger partial charge in [-0.2, -0.15) is 0 Å². The molecule has 0 saturated carbocycles. The van der Waals surface area contributed by atoms with Crippen LogP contribution >= 0.6 is 0 Å². The first-order valence-electron chi connectivity index (χ1n) is 10.3. The van der Waals surface area contributed by atoms with Gasteiger partial charge in [0.15, 0.2) is 18.1 Å². The smallest absolute Gasteiger partial charge is 0.261 e. The van der Waals surface area contributed by atoms with Gasteiger partial charge in [-0.3, -0.25) is 9.59 Å². The van der Waals surface area contributed by atoms with Crippen molar-refractivity contribution in [2.75, 3.05) is 13.7 Å². The Balaban J connectivity index is 2.19. The maximum absolute atomic E-state index is 13.1. The molecule has 0 radical (unpaired) electrons. The number of hydrogen-bond acceptors (Lipinski definition) is 4. The van der Waals surface area contributed by atoms with Gasteiger partial charge in [0.1, 0.15) is 6.04 Å². The Morgan fingerprint density at radius 2 is 1.67 bits per heavy atom. The lowest BCUT2D eigenvalue weighted by molar-refractivity contribution is -0.142. The van der Waals surface area contributed by atoms with Gasteiger partial charge < -0.3 is 19.7 Å². The summed E-state index contributed by atoms with van der Waals surface area (Å²) in [5.41, 5.74) is 2.06.